The third-order valence-electron chi connectivity index (χ3n) is 2.25. The normalized spacial score (nSPS) is 10.4. The monoisotopic (exact) mass is 217 g/mol. The lowest BCUT2D eigenvalue weighted by Crippen LogP contribution is -2.22. The molecule has 16 heavy (non-hydrogen) atoms. The fourth-order valence-electron chi connectivity index (χ4n) is 1.40. The summed E-state index contributed by atoms with van der Waals surface area (Å²) in [6.45, 7) is 3.55. The van der Waals surface area contributed by atoms with Crippen molar-refractivity contribution in [2.24, 2.45) is 0 Å². The first-order chi connectivity index (χ1) is 7.58. The van der Waals surface area contributed by atoms with Crippen molar-refractivity contribution in [1.29, 1.82) is 0 Å². The molecule has 0 unspecified atom stereocenters. The minimum Gasteiger partial charge on any atom is -0.373 e. The highest BCUT2D eigenvalue weighted by molar-refractivity contribution is 5.94. The molecule has 2 rings (SSSR count). The molecule has 4 heteroatoms. The fourth-order valence-corrected chi connectivity index (χ4v) is 1.40. The molecule has 4 nitrogen and oxygen atoms in total. The van der Waals surface area contributed by atoms with E-state index >= 15 is 0 Å². The third kappa shape index (κ3) is 1.82. The van der Waals surface area contributed by atoms with Crippen LogP contribution < -0.4 is 5.56 Å². The van der Waals surface area contributed by atoms with Gasteiger partial charge in [-0.25, -0.2) is 0 Å². The molecule has 82 valence electrons. The zero-order chi connectivity index (χ0) is 11.7. The molecule has 0 aliphatic rings. The van der Waals surface area contributed by atoms with Gasteiger partial charge in [-0.1, -0.05) is 22.4 Å². The van der Waals surface area contributed by atoms with Crippen LogP contribution in [0.25, 0.3) is 0 Å². The number of hydrogen-bond donors (Lipinski definition) is 0. The Labute approximate surface area is 92.1 Å². The van der Waals surface area contributed by atoms with Gasteiger partial charge < -0.3 is 4.52 Å². The highest BCUT2D eigenvalue weighted by Crippen LogP contribution is 2.05. The van der Waals surface area contributed by atoms with E-state index in [-0.39, 0.29) is 0 Å². The van der Waals surface area contributed by atoms with Crippen LogP contribution in [0.15, 0.2) is 39.6 Å². The molecule has 0 atom stereocenters. The van der Waals surface area contributed by atoms with Gasteiger partial charge in [-0.15, -0.1) is 0 Å². The number of hydrogen-bond acceptors (Lipinski definition) is 3. The van der Waals surface area contributed by atoms with Crippen LogP contribution in [-0.4, -0.2) is 10.6 Å². The van der Waals surface area contributed by atoms with Gasteiger partial charge in [0, 0.05) is 11.6 Å². The van der Waals surface area contributed by atoms with E-state index in [1.165, 1.54) is 6.07 Å². The van der Waals surface area contributed by atoms with Crippen LogP contribution in [0.5, 0.6) is 0 Å². The maximum Gasteiger partial charge on any atom is 0.294 e. The summed E-state index contributed by atoms with van der Waals surface area (Å²) in [5.41, 5.74) is 1.05. The van der Waals surface area contributed by atoms with Gasteiger partial charge in [-0.05, 0) is 26.0 Å². The highest BCUT2D eigenvalue weighted by atomic mass is 16.5. The maximum absolute atomic E-state index is 11.9. The SMILES string of the molecule is Cc1ccc(C(=O)n2oc(C)cc2=O)cc1. The average Bonchev–Trinajstić information content (AvgIpc) is 2.58. The van der Waals surface area contributed by atoms with E-state index in [1.807, 2.05) is 19.1 Å². The van der Waals surface area contributed by atoms with E-state index in [2.05, 4.69) is 0 Å². The van der Waals surface area contributed by atoms with Crippen LogP contribution in [0.2, 0.25) is 0 Å². The van der Waals surface area contributed by atoms with Crippen molar-refractivity contribution in [3.05, 3.63) is 57.6 Å². The van der Waals surface area contributed by atoms with Crippen molar-refractivity contribution in [2.45, 2.75) is 13.8 Å². The first-order valence-electron chi connectivity index (χ1n) is 4.89. The number of aryl methyl sites for hydroxylation is 2. The standard InChI is InChI=1S/C12H11NO3/c1-8-3-5-10(6-4-8)12(15)13-11(14)7-9(2)16-13/h3-7H,1-2H3. The number of aromatic nitrogens is 1. The van der Waals surface area contributed by atoms with Gasteiger partial charge in [0.15, 0.2) is 0 Å². The Hall–Kier alpha value is -2.10. The minimum absolute atomic E-state index is 0.422. The van der Waals surface area contributed by atoms with Crippen molar-refractivity contribution in [3.63, 3.8) is 0 Å². The molecule has 0 aliphatic heterocycles. The molecular weight excluding hydrogens is 206 g/mol. The lowest BCUT2D eigenvalue weighted by molar-refractivity contribution is 0.0834. The van der Waals surface area contributed by atoms with Crippen LogP contribution in [0.1, 0.15) is 21.7 Å². The number of benzene rings is 1. The van der Waals surface area contributed by atoms with Gasteiger partial charge in [-0.2, -0.15) is 0 Å². The van der Waals surface area contributed by atoms with Crippen molar-refractivity contribution < 1.29 is 9.32 Å². The van der Waals surface area contributed by atoms with Gasteiger partial charge in [0.05, 0.1) is 0 Å². The smallest absolute Gasteiger partial charge is 0.294 e. The van der Waals surface area contributed by atoms with Crippen molar-refractivity contribution in [3.8, 4) is 0 Å². The largest absolute Gasteiger partial charge is 0.373 e. The van der Waals surface area contributed by atoms with Gasteiger partial charge in [-0.3, -0.25) is 9.59 Å². The Kier molecular flexibility index (Phi) is 2.48. The molecule has 2 aromatic rings. The maximum atomic E-state index is 11.9. The van der Waals surface area contributed by atoms with E-state index in [0.29, 0.717) is 11.3 Å². The zero-order valence-corrected chi connectivity index (χ0v) is 9.06. The van der Waals surface area contributed by atoms with Crippen LogP contribution in [-0.2, 0) is 0 Å². The molecule has 0 saturated carbocycles. The third-order valence-corrected chi connectivity index (χ3v) is 2.25. The summed E-state index contributed by atoms with van der Waals surface area (Å²) in [5, 5.41) is 0. The van der Waals surface area contributed by atoms with Gasteiger partial charge >= 0.3 is 0 Å². The summed E-state index contributed by atoms with van der Waals surface area (Å²) < 4.78 is 5.78. The Morgan fingerprint density at radius 3 is 2.31 bits per heavy atom. The highest BCUT2D eigenvalue weighted by Gasteiger charge is 2.13. The minimum atomic E-state index is -0.446. The first-order valence-corrected chi connectivity index (χ1v) is 4.89. The molecule has 0 amide bonds. The van der Waals surface area contributed by atoms with Crippen LogP contribution in [0.4, 0.5) is 0 Å². The van der Waals surface area contributed by atoms with Crippen LogP contribution >= 0.6 is 0 Å². The summed E-state index contributed by atoms with van der Waals surface area (Å²) in [6.07, 6.45) is 0. The Bertz CT molecular complexity index is 575. The molecule has 0 bridgehead atoms. The van der Waals surface area contributed by atoms with Crippen molar-refractivity contribution in [2.75, 3.05) is 0 Å². The van der Waals surface area contributed by atoms with Crippen molar-refractivity contribution in [1.82, 2.24) is 4.74 Å². The van der Waals surface area contributed by atoms with E-state index in [0.717, 1.165) is 10.3 Å². The molecule has 0 aliphatic carbocycles. The summed E-state index contributed by atoms with van der Waals surface area (Å²) in [6, 6.07) is 8.25. The van der Waals surface area contributed by atoms with E-state index in [9.17, 15) is 9.59 Å². The Morgan fingerprint density at radius 2 is 1.81 bits per heavy atom. The second kappa shape index (κ2) is 3.81. The number of nitrogens with zero attached hydrogens (tertiary/aromatic N) is 1. The predicted molar refractivity (Wildman–Crippen MR) is 58.6 cm³/mol. The van der Waals surface area contributed by atoms with Gasteiger partial charge in [0.2, 0.25) is 0 Å². The molecule has 0 saturated heterocycles. The summed E-state index contributed by atoms with van der Waals surface area (Å²) in [5.74, 6) is -0.0245. The molecule has 1 aromatic carbocycles. The number of carbonyl (C=O) groups excluding carboxylic acids is 1. The van der Waals surface area contributed by atoms with Gasteiger partial charge in [0.1, 0.15) is 5.76 Å². The lowest BCUT2D eigenvalue weighted by atomic mass is 10.1. The molecule has 1 heterocycles. The summed E-state index contributed by atoms with van der Waals surface area (Å²) >= 11 is 0. The molecule has 0 N–H and O–H groups in total. The van der Waals surface area contributed by atoms with Crippen molar-refractivity contribution >= 4 is 5.91 Å². The fraction of sp³-hybridized carbons (Fsp3) is 0.167. The molecular formula is C12H11NO3. The van der Waals surface area contributed by atoms with Crippen LogP contribution in [0.3, 0.4) is 0 Å². The zero-order valence-electron chi connectivity index (χ0n) is 9.06. The Balaban J connectivity index is 2.43. The second-order valence-corrected chi connectivity index (χ2v) is 3.65. The molecule has 0 fully saturated rings. The first kappa shape index (κ1) is 10.4. The lowest BCUT2D eigenvalue weighted by Gasteiger charge is -1.99. The molecule has 1 aromatic heterocycles. The van der Waals surface area contributed by atoms with Gasteiger partial charge in [0.25, 0.3) is 11.5 Å². The number of rotatable bonds is 1. The summed E-state index contributed by atoms with van der Waals surface area (Å²) in [4.78, 5) is 23.2. The van der Waals surface area contributed by atoms with E-state index in [4.69, 9.17) is 4.52 Å². The molecule has 0 spiro atoms. The predicted octanol–water partition coefficient (Wildman–Crippen LogP) is 1.75. The van der Waals surface area contributed by atoms with E-state index < -0.39 is 11.5 Å². The topological polar surface area (TPSA) is 52.2 Å². The average molecular weight is 217 g/mol. The summed E-state index contributed by atoms with van der Waals surface area (Å²) in [7, 11) is 0. The van der Waals surface area contributed by atoms with Crippen LogP contribution in [0, 0.1) is 13.8 Å². The van der Waals surface area contributed by atoms with E-state index in [1.54, 1.807) is 19.1 Å². The molecule has 0 radical (unpaired) electrons. The quantitative estimate of drug-likeness (QED) is 0.731. The second-order valence-electron chi connectivity index (χ2n) is 3.65. The Morgan fingerprint density at radius 1 is 1.19 bits per heavy atom. The number of carbonyl (C=O) groups is 1.